The lowest BCUT2D eigenvalue weighted by Gasteiger charge is -2.02. The first kappa shape index (κ1) is 14.5. The van der Waals surface area contributed by atoms with Gasteiger partial charge in [0, 0.05) is 16.7 Å². The van der Waals surface area contributed by atoms with Crippen molar-refractivity contribution in [2.24, 2.45) is 0 Å². The van der Waals surface area contributed by atoms with Crippen LogP contribution in [0.25, 0.3) is 11.6 Å². The molecule has 0 aromatic carbocycles. The van der Waals surface area contributed by atoms with Crippen molar-refractivity contribution >= 4 is 33.4 Å². The second kappa shape index (κ2) is 5.77. The molecular weight excluding hydrogens is 376 g/mol. The average Bonchev–Trinajstić information content (AvgIpc) is 3.11. The second-order valence-corrected chi connectivity index (χ2v) is 5.86. The van der Waals surface area contributed by atoms with E-state index in [-0.39, 0.29) is 15.9 Å². The van der Waals surface area contributed by atoms with Gasteiger partial charge in [0.2, 0.25) is 11.0 Å². The topological polar surface area (TPSA) is 126 Å². The minimum Gasteiger partial charge on any atom is -0.461 e. The van der Waals surface area contributed by atoms with Crippen molar-refractivity contribution in [3.63, 3.8) is 0 Å². The molecule has 0 unspecified atom stereocenters. The van der Waals surface area contributed by atoms with Crippen LogP contribution in [-0.4, -0.2) is 24.8 Å². The molecule has 3 aromatic heterocycles. The molecule has 3 aromatic rings. The summed E-state index contributed by atoms with van der Waals surface area (Å²) in [5.41, 5.74) is -0.151. The first-order valence-electron chi connectivity index (χ1n) is 5.78. The van der Waals surface area contributed by atoms with Gasteiger partial charge in [-0.2, -0.15) is 0 Å². The van der Waals surface area contributed by atoms with Crippen molar-refractivity contribution in [1.82, 2.24) is 19.9 Å². The highest BCUT2D eigenvalue weighted by Gasteiger charge is 2.21. The number of nitrogen functional groups attached to an aromatic ring is 1. The number of pyridine rings is 1. The van der Waals surface area contributed by atoms with Gasteiger partial charge >= 0.3 is 5.69 Å². The molecule has 3 rings (SSSR count). The predicted octanol–water partition coefficient (Wildman–Crippen LogP) is 2.47. The fourth-order valence-corrected chi connectivity index (χ4v) is 2.73. The average molecular weight is 383 g/mol. The number of hydrogen-bond acceptors (Lipinski definition) is 8. The Bertz CT molecular complexity index is 834. The van der Waals surface area contributed by atoms with Crippen molar-refractivity contribution in [3.8, 4) is 11.6 Å². The lowest BCUT2D eigenvalue weighted by molar-refractivity contribution is -0.388. The second-order valence-electron chi connectivity index (χ2n) is 3.99. The van der Waals surface area contributed by atoms with E-state index in [1.165, 1.54) is 23.2 Å². The molecule has 0 spiro atoms. The zero-order valence-electron chi connectivity index (χ0n) is 10.7. The highest BCUT2D eigenvalue weighted by atomic mass is 79.9. The molecule has 112 valence electrons. The number of hydrogen-bond donors (Lipinski definition) is 1. The maximum absolute atomic E-state index is 11.1. The van der Waals surface area contributed by atoms with Crippen molar-refractivity contribution in [3.05, 3.63) is 45.2 Å². The Labute approximate surface area is 135 Å². The van der Waals surface area contributed by atoms with E-state index in [4.69, 9.17) is 10.3 Å². The first-order chi connectivity index (χ1) is 10.6. The Morgan fingerprint density at radius 3 is 2.95 bits per heavy atom. The van der Waals surface area contributed by atoms with Crippen LogP contribution < -0.4 is 5.84 Å². The predicted molar refractivity (Wildman–Crippen MR) is 80.6 cm³/mol. The molecule has 0 radical (unpaired) electrons. The van der Waals surface area contributed by atoms with Crippen molar-refractivity contribution in [1.29, 1.82) is 0 Å². The Kier molecular flexibility index (Phi) is 3.81. The minimum atomic E-state index is -0.523. The van der Waals surface area contributed by atoms with Crippen LogP contribution in [0, 0.1) is 10.1 Å². The van der Waals surface area contributed by atoms with E-state index in [1.807, 2.05) is 0 Å². The lowest BCUT2D eigenvalue weighted by Crippen LogP contribution is -2.11. The van der Waals surface area contributed by atoms with Crippen LogP contribution in [0.3, 0.4) is 0 Å². The molecule has 0 atom stereocenters. The lowest BCUT2D eigenvalue weighted by atomic mass is 10.4. The van der Waals surface area contributed by atoms with Gasteiger partial charge in [0.15, 0.2) is 10.8 Å². The minimum absolute atomic E-state index is 0.151. The van der Waals surface area contributed by atoms with E-state index >= 15 is 0 Å². The van der Waals surface area contributed by atoms with Gasteiger partial charge in [0.25, 0.3) is 0 Å². The molecule has 11 heteroatoms. The van der Waals surface area contributed by atoms with Gasteiger partial charge in [-0.1, -0.05) is 0 Å². The molecule has 0 aliphatic heterocycles. The zero-order chi connectivity index (χ0) is 15.7. The number of nitrogens with two attached hydrogens (primary N) is 1. The standard InChI is InChI=1S/C11H7BrN6O3S/c12-6-4-7(18(19)20)10(14-5-6)22-11-16-15-9(17(11)13)8-2-1-3-21-8/h1-5H,13H2. The third-order valence-electron chi connectivity index (χ3n) is 2.59. The molecule has 3 heterocycles. The summed E-state index contributed by atoms with van der Waals surface area (Å²) in [6.45, 7) is 0. The molecule has 2 N–H and O–H groups in total. The van der Waals surface area contributed by atoms with Gasteiger partial charge in [-0.25, -0.2) is 9.66 Å². The number of furan rings is 1. The summed E-state index contributed by atoms with van der Waals surface area (Å²) in [5, 5.41) is 19.3. The summed E-state index contributed by atoms with van der Waals surface area (Å²) in [6.07, 6.45) is 2.94. The van der Waals surface area contributed by atoms with Gasteiger partial charge in [0.05, 0.1) is 11.2 Å². The summed E-state index contributed by atoms with van der Waals surface area (Å²) in [5.74, 6) is 6.66. The maximum atomic E-state index is 11.1. The maximum Gasteiger partial charge on any atom is 0.302 e. The number of aromatic nitrogens is 4. The molecule has 0 aliphatic carbocycles. The van der Waals surface area contributed by atoms with Gasteiger partial charge in [-0.3, -0.25) is 10.1 Å². The van der Waals surface area contributed by atoms with E-state index in [9.17, 15) is 10.1 Å². The van der Waals surface area contributed by atoms with E-state index in [1.54, 1.807) is 12.1 Å². The Hall–Kier alpha value is -2.40. The van der Waals surface area contributed by atoms with Crippen molar-refractivity contribution in [2.75, 3.05) is 5.84 Å². The van der Waals surface area contributed by atoms with Gasteiger partial charge in [-0.05, 0) is 39.8 Å². The van der Waals surface area contributed by atoms with Crippen LogP contribution in [0.1, 0.15) is 0 Å². The van der Waals surface area contributed by atoms with Crippen molar-refractivity contribution < 1.29 is 9.34 Å². The quantitative estimate of drug-likeness (QED) is 0.414. The molecular formula is C11H7BrN6O3S. The van der Waals surface area contributed by atoms with Crippen LogP contribution in [0.2, 0.25) is 0 Å². The highest BCUT2D eigenvalue weighted by Crippen LogP contribution is 2.34. The number of halogens is 1. The summed E-state index contributed by atoms with van der Waals surface area (Å²) >= 11 is 4.09. The Morgan fingerprint density at radius 1 is 1.45 bits per heavy atom. The third-order valence-corrected chi connectivity index (χ3v) is 3.99. The number of nitro groups is 1. The van der Waals surface area contributed by atoms with Gasteiger partial charge in [-0.15, -0.1) is 10.2 Å². The van der Waals surface area contributed by atoms with Crippen LogP contribution in [-0.2, 0) is 0 Å². The smallest absolute Gasteiger partial charge is 0.302 e. The van der Waals surface area contributed by atoms with Crippen LogP contribution in [0.15, 0.2) is 49.7 Å². The number of rotatable bonds is 4. The summed E-state index contributed by atoms with van der Waals surface area (Å²) in [4.78, 5) is 14.6. The highest BCUT2D eigenvalue weighted by molar-refractivity contribution is 9.10. The van der Waals surface area contributed by atoms with E-state index < -0.39 is 4.92 Å². The van der Waals surface area contributed by atoms with Crippen LogP contribution in [0.5, 0.6) is 0 Å². The Balaban J connectivity index is 1.96. The van der Waals surface area contributed by atoms with Crippen LogP contribution in [0.4, 0.5) is 5.69 Å². The molecule has 9 nitrogen and oxygen atoms in total. The fraction of sp³-hybridized carbons (Fsp3) is 0. The van der Waals surface area contributed by atoms with Crippen molar-refractivity contribution in [2.45, 2.75) is 10.2 Å². The molecule has 0 fully saturated rings. The van der Waals surface area contributed by atoms with E-state index in [2.05, 4.69) is 31.1 Å². The Morgan fingerprint density at radius 2 is 2.27 bits per heavy atom. The van der Waals surface area contributed by atoms with E-state index in [0.717, 1.165) is 11.8 Å². The van der Waals surface area contributed by atoms with Gasteiger partial charge < -0.3 is 10.3 Å². The normalized spacial score (nSPS) is 10.8. The fourth-order valence-electron chi connectivity index (χ4n) is 1.63. The zero-order valence-corrected chi connectivity index (χ0v) is 13.1. The molecule has 0 saturated carbocycles. The molecule has 0 aliphatic rings. The largest absolute Gasteiger partial charge is 0.461 e. The van der Waals surface area contributed by atoms with Crippen LogP contribution >= 0.6 is 27.7 Å². The third kappa shape index (κ3) is 2.67. The summed E-state index contributed by atoms with van der Waals surface area (Å²) < 4.78 is 6.90. The van der Waals surface area contributed by atoms with Gasteiger partial charge in [0.1, 0.15) is 0 Å². The summed E-state index contributed by atoms with van der Waals surface area (Å²) in [7, 11) is 0. The molecule has 22 heavy (non-hydrogen) atoms. The monoisotopic (exact) mass is 382 g/mol. The summed E-state index contributed by atoms with van der Waals surface area (Å²) in [6, 6.07) is 4.74. The van der Waals surface area contributed by atoms with E-state index in [0.29, 0.717) is 16.1 Å². The number of nitrogens with zero attached hydrogens (tertiary/aromatic N) is 5. The molecule has 0 saturated heterocycles. The molecule has 0 bridgehead atoms. The SMILES string of the molecule is Nn1c(Sc2ncc(Br)cc2[N+](=O)[O-])nnc1-c1ccco1. The first-order valence-corrected chi connectivity index (χ1v) is 7.39. The molecule has 0 amide bonds.